The molecule has 0 aromatic heterocycles. The summed E-state index contributed by atoms with van der Waals surface area (Å²) in [6, 6.07) is 10.2. The second-order valence-electron chi connectivity index (χ2n) is 2.20. The first kappa shape index (κ1) is 13.4. The van der Waals surface area contributed by atoms with Gasteiger partial charge in [-0.15, -0.1) is 0 Å². The average molecular weight is 204 g/mol. The normalized spacial score (nSPS) is 10.7. The molecule has 1 aromatic rings. The summed E-state index contributed by atoms with van der Waals surface area (Å²) in [7, 11) is 0. The van der Waals surface area contributed by atoms with Gasteiger partial charge in [0.05, 0.1) is 0 Å². The van der Waals surface area contributed by atoms with Gasteiger partial charge in [0, 0.05) is 25.5 Å². The van der Waals surface area contributed by atoms with Crippen LogP contribution in [-0.4, -0.2) is 0 Å². The Morgan fingerprint density at radius 3 is 1.91 bits per heavy atom. The summed E-state index contributed by atoms with van der Waals surface area (Å²) in [5.74, 6) is 0. The van der Waals surface area contributed by atoms with Crippen LogP contribution < -0.4 is 11.9 Å². The van der Waals surface area contributed by atoms with Crippen LogP contribution in [0.15, 0.2) is 30.3 Å². The van der Waals surface area contributed by atoms with Crippen LogP contribution in [0.1, 0.15) is 18.5 Å². The van der Waals surface area contributed by atoms with Crippen molar-refractivity contribution in [2.75, 3.05) is 0 Å². The van der Waals surface area contributed by atoms with E-state index in [9.17, 15) is 0 Å². The predicted octanol–water partition coefficient (Wildman–Crippen LogP) is 1.87. The number of rotatable bonds is 1. The number of benzene rings is 1. The molecule has 0 heterocycles. The Kier molecular flexibility index (Phi) is 7.86. The molecule has 0 aliphatic heterocycles. The van der Waals surface area contributed by atoms with Crippen molar-refractivity contribution >= 4 is 0 Å². The summed E-state index contributed by atoms with van der Waals surface area (Å²) >= 11 is 0. The standard InChI is InChI=1S/C8H11N.H3N.Zn/c1-7(9)8-5-3-2-4-6-8;;/h2-7H,9H2,1H3;1H3;. The van der Waals surface area contributed by atoms with Crippen molar-refractivity contribution in [1.82, 2.24) is 6.15 Å². The molecule has 0 aliphatic carbocycles. The van der Waals surface area contributed by atoms with Gasteiger partial charge >= 0.3 is 0 Å². The van der Waals surface area contributed by atoms with Crippen molar-refractivity contribution < 1.29 is 19.5 Å². The van der Waals surface area contributed by atoms with Crippen LogP contribution >= 0.6 is 0 Å². The minimum atomic E-state index is 0. The van der Waals surface area contributed by atoms with E-state index in [2.05, 4.69) is 0 Å². The van der Waals surface area contributed by atoms with E-state index in [1.165, 1.54) is 5.56 Å². The van der Waals surface area contributed by atoms with Crippen LogP contribution in [0.5, 0.6) is 0 Å². The summed E-state index contributed by atoms with van der Waals surface area (Å²) in [6.07, 6.45) is 0. The van der Waals surface area contributed by atoms with Crippen LogP contribution in [0.3, 0.4) is 0 Å². The monoisotopic (exact) mass is 202 g/mol. The fourth-order valence-corrected chi connectivity index (χ4v) is 0.757. The number of hydrogen-bond donors (Lipinski definition) is 2. The summed E-state index contributed by atoms with van der Waals surface area (Å²) in [5.41, 5.74) is 6.81. The van der Waals surface area contributed by atoms with Gasteiger partial charge in [-0.2, -0.15) is 0 Å². The zero-order chi connectivity index (χ0) is 6.69. The molecule has 0 saturated carbocycles. The molecule has 1 aromatic carbocycles. The average Bonchev–Trinajstić information content (AvgIpc) is 1.90. The Bertz CT molecular complexity index is 175. The first-order valence-electron chi connectivity index (χ1n) is 3.11. The van der Waals surface area contributed by atoms with Crippen LogP contribution in [0, 0.1) is 0 Å². The van der Waals surface area contributed by atoms with Crippen molar-refractivity contribution in [3.05, 3.63) is 35.9 Å². The molecule has 58 valence electrons. The van der Waals surface area contributed by atoms with E-state index < -0.39 is 0 Å². The Morgan fingerprint density at radius 2 is 1.64 bits per heavy atom. The van der Waals surface area contributed by atoms with Gasteiger partial charge in [-0.3, -0.25) is 0 Å². The smallest absolute Gasteiger partial charge is 0.0266 e. The molecular formula is C8H14N2Zn. The molecule has 0 saturated heterocycles. The van der Waals surface area contributed by atoms with Gasteiger partial charge in [0.1, 0.15) is 0 Å². The maximum absolute atomic E-state index is 5.61. The first-order valence-corrected chi connectivity index (χ1v) is 3.11. The molecule has 0 radical (unpaired) electrons. The van der Waals surface area contributed by atoms with E-state index in [0.29, 0.717) is 0 Å². The molecule has 11 heavy (non-hydrogen) atoms. The van der Waals surface area contributed by atoms with Gasteiger partial charge in [-0.1, -0.05) is 30.3 Å². The third-order valence-electron chi connectivity index (χ3n) is 1.33. The second-order valence-corrected chi connectivity index (χ2v) is 2.20. The summed E-state index contributed by atoms with van der Waals surface area (Å²) < 4.78 is 0. The molecule has 0 bridgehead atoms. The molecule has 1 atom stereocenters. The van der Waals surface area contributed by atoms with Crippen molar-refractivity contribution in [1.29, 1.82) is 0 Å². The van der Waals surface area contributed by atoms with Gasteiger partial charge < -0.3 is 11.9 Å². The predicted molar refractivity (Wildman–Crippen MR) is 44.1 cm³/mol. The SMILES string of the molecule is CC(N)c1ccccc1.N.[Zn]. The van der Waals surface area contributed by atoms with E-state index in [-0.39, 0.29) is 31.7 Å². The Hall–Kier alpha value is -0.237. The van der Waals surface area contributed by atoms with E-state index in [4.69, 9.17) is 5.73 Å². The number of hydrogen-bond acceptors (Lipinski definition) is 2. The van der Waals surface area contributed by atoms with E-state index >= 15 is 0 Å². The topological polar surface area (TPSA) is 61.0 Å². The van der Waals surface area contributed by atoms with Crippen LogP contribution in [-0.2, 0) is 19.5 Å². The van der Waals surface area contributed by atoms with Crippen molar-refractivity contribution in [2.45, 2.75) is 13.0 Å². The maximum atomic E-state index is 5.61. The van der Waals surface area contributed by atoms with Crippen LogP contribution in [0.25, 0.3) is 0 Å². The largest absolute Gasteiger partial charge is 0.344 e. The molecule has 5 N–H and O–H groups in total. The Labute approximate surface area is 80.5 Å². The maximum Gasteiger partial charge on any atom is 0.0266 e. The summed E-state index contributed by atoms with van der Waals surface area (Å²) in [5, 5.41) is 0. The van der Waals surface area contributed by atoms with Gasteiger partial charge in [0.25, 0.3) is 0 Å². The van der Waals surface area contributed by atoms with Crippen molar-refractivity contribution in [3.8, 4) is 0 Å². The quantitative estimate of drug-likeness (QED) is 0.685. The molecule has 1 rings (SSSR count). The van der Waals surface area contributed by atoms with Gasteiger partial charge in [-0.25, -0.2) is 0 Å². The van der Waals surface area contributed by atoms with Crippen molar-refractivity contribution in [2.24, 2.45) is 5.73 Å². The Morgan fingerprint density at radius 1 is 1.18 bits per heavy atom. The van der Waals surface area contributed by atoms with Crippen LogP contribution in [0.2, 0.25) is 0 Å². The molecular weight excluding hydrogens is 189 g/mol. The fraction of sp³-hybridized carbons (Fsp3) is 0.250. The Balaban J connectivity index is 0. The number of nitrogens with two attached hydrogens (primary N) is 1. The van der Waals surface area contributed by atoms with Gasteiger partial charge in [0.2, 0.25) is 0 Å². The molecule has 3 heteroatoms. The molecule has 2 nitrogen and oxygen atoms in total. The third kappa shape index (κ3) is 4.25. The van der Waals surface area contributed by atoms with Gasteiger partial charge in [0.15, 0.2) is 0 Å². The molecule has 1 unspecified atom stereocenters. The molecule has 0 spiro atoms. The zero-order valence-corrected chi connectivity index (χ0v) is 9.92. The van der Waals surface area contributed by atoms with Crippen LogP contribution in [0.4, 0.5) is 0 Å². The zero-order valence-electron chi connectivity index (χ0n) is 6.96. The summed E-state index contributed by atoms with van der Waals surface area (Å²) in [4.78, 5) is 0. The third-order valence-corrected chi connectivity index (χ3v) is 1.33. The minimum absolute atomic E-state index is 0. The molecule has 0 amide bonds. The molecule has 0 fully saturated rings. The van der Waals surface area contributed by atoms with E-state index in [1.807, 2.05) is 37.3 Å². The van der Waals surface area contributed by atoms with Crippen molar-refractivity contribution in [3.63, 3.8) is 0 Å². The first-order chi connectivity index (χ1) is 4.30. The van der Waals surface area contributed by atoms with E-state index in [1.54, 1.807) is 0 Å². The fourth-order valence-electron chi connectivity index (χ4n) is 0.757. The van der Waals surface area contributed by atoms with E-state index in [0.717, 1.165) is 0 Å². The second kappa shape index (κ2) is 6.47. The molecule has 0 aliphatic rings. The van der Waals surface area contributed by atoms with Gasteiger partial charge in [-0.05, 0) is 12.5 Å². The minimum Gasteiger partial charge on any atom is -0.344 e. The summed E-state index contributed by atoms with van der Waals surface area (Å²) in [6.45, 7) is 1.98.